The van der Waals surface area contributed by atoms with Gasteiger partial charge in [0.05, 0.1) is 5.56 Å². The van der Waals surface area contributed by atoms with E-state index in [1.807, 2.05) is 0 Å². The van der Waals surface area contributed by atoms with Gasteiger partial charge in [-0.05, 0) is 31.9 Å². The molecule has 72 valence electrons. The van der Waals surface area contributed by atoms with Crippen LogP contribution in [0.2, 0.25) is 0 Å². The summed E-state index contributed by atoms with van der Waals surface area (Å²) in [5.74, 6) is -0.230. The van der Waals surface area contributed by atoms with E-state index in [9.17, 15) is 4.79 Å². The quantitative estimate of drug-likeness (QED) is 0.871. The molecule has 0 atom stereocenters. The number of pyridine rings is 1. The van der Waals surface area contributed by atoms with Crippen molar-refractivity contribution in [1.82, 2.24) is 15.1 Å². The lowest BCUT2D eigenvalue weighted by atomic mass is 10.2. The average molecular weight is 321 g/mol. The molecule has 2 rings (SSSR count). The Morgan fingerprint density at radius 1 is 1.29 bits per heavy atom. The van der Waals surface area contributed by atoms with Crippen LogP contribution < -0.4 is 5.76 Å². The van der Waals surface area contributed by atoms with Crippen LogP contribution in [0, 0.1) is 0 Å². The summed E-state index contributed by atoms with van der Waals surface area (Å²) in [6, 6.07) is 0. The van der Waals surface area contributed by atoms with Crippen LogP contribution in [0.1, 0.15) is 0 Å². The normalized spacial score (nSPS) is 10.4. The van der Waals surface area contributed by atoms with Crippen LogP contribution in [-0.4, -0.2) is 15.1 Å². The predicted octanol–water partition coefficient (Wildman–Crippen LogP) is 1.95. The lowest BCUT2D eigenvalue weighted by Crippen LogP contribution is -1.95. The second kappa shape index (κ2) is 3.66. The first kappa shape index (κ1) is 9.60. The van der Waals surface area contributed by atoms with E-state index in [-0.39, 0.29) is 0 Å². The SMILES string of the molecule is O=c1[nH]c(-c2c(Br)cncc2Br)no1. The van der Waals surface area contributed by atoms with E-state index >= 15 is 0 Å². The molecule has 2 aromatic heterocycles. The molecule has 0 aliphatic carbocycles. The maximum absolute atomic E-state index is 10.8. The molecule has 1 N–H and O–H groups in total. The number of aromatic nitrogens is 3. The fourth-order valence-corrected chi connectivity index (χ4v) is 2.28. The van der Waals surface area contributed by atoms with Gasteiger partial charge in [0.25, 0.3) is 0 Å². The molecule has 0 unspecified atom stereocenters. The van der Waals surface area contributed by atoms with Crippen molar-refractivity contribution in [2.24, 2.45) is 0 Å². The van der Waals surface area contributed by atoms with Crippen molar-refractivity contribution in [2.75, 3.05) is 0 Å². The highest BCUT2D eigenvalue weighted by atomic mass is 79.9. The van der Waals surface area contributed by atoms with Gasteiger partial charge >= 0.3 is 5.76 Å². The fourth-order valence-electron chi connectivity index (χ4n) is 0.975. The van der Waals surface area contributed by atoms with Gasteiger partial charge in [-0.1, -0.05) is 5.16 Å². The summed E-state index contributed by atoms with van der Waals surface area (Å²) < 4.78 is 5.84. The summed E-state index contributed by atoms with van der Waals surface area (Å²) in [7, 11) is 0. The fraction of sp³-hybridized carbons (Fsp3) is 0. The average Bonchev–Trinajstić information content (AvgIpc) is 2.51. The number of hydrogen-bond donors (Lipinski definition) is 1. The Kier molecular flexibility index (Phi) is 2.51. The van der Waals surface area contributed by atoms with E-state index in [4.69, 9.17) is 0 Å². The third kappa shape index (κ3) is 1.64. The summed E-state index contributed by atoms with van der Waals surface area (Å²) in [4.78, 5) is 17.1. The molecule has 5 nitrogen and oxygen atoms in total. The third-order valence-electron chi connectivity index (χ3n) is 1.53. The third-order valence-corrected chi connectivity index (χ3v) is 2.73. The molecular formula is C7H3Br2N3O2. The Morgan fingerprint density at radius 3 is 2.43 bits per heavy atom. The molecule has 2 heterocycles. The first-order valence-electron chi connectivity index (χ1n) is 3.54. The Morgan fingerprint density at radius 2 is 1.93 bits per heavy atom. The lowest BCUT2D eigenvalue weighted by molar-refractivity contribution is 0.388. The summed E-state index contributed by atoms with van der Waals surface area (Å²) in [6.45, 7) is 0. The summed E-state index contributed by atoms with van der Waals surface area (Å²) in [6.07, 6.45) is 3.21. The smallest absolute Gasteiger partial charge is 0.296 e. The zero-order valence-electron chi connectivity index (χ0n) is 6.62. The molecular weight excluding hydrogens is 318 g/mol. The van der Waals surface area contributed by atoms with E-state index in [0.717, 1.165) is 8.95 Å². The van der Waals surface area contributed by atoms with Crippen LogP contribution in [0.3, 0.4) is 0 Å². The summed E-state index contributed by atoms with van der Waals surface area (Å²) in [5.41, 5.74) is 0.700. The van der Waals surface area contributed by atoms with Crippen molar-refractivity contribution >= 4 is 31.9 Å². The monoisotopic (exact) mass is 319 g/mol. The molecule has 0 aliphatic heterocycles. The van der Waals surface area contributed by atoms with Crippen LogP contribution in [0.15, 0.2) is 30.7 Å². The molecule has 7 heteroatoms. The molecule has 2 aromatic rings. The number of aromatic amines is 1. The lowest BCUT2D eigenvalue weighted by Gasteiger charge is -2.00. The number of hydrogen-bond acceptors (Lipinski definition) is 4. The van der Waals surface area contributed by atoms with Crippen LogP contribution in [-0.2, 0) is 0 Å². The Balaban J connectivity index is 2.67. The molecule has 0 bridgehead atoms. The zero-order valence-corrected chi connectivity index (χ0v) is 9.79. The molecule has 0 saturated carbocycles. The van der Waals surface area contributed by atoms with Crippen LogP contribution in [0.25, 0.3) is 11.4 Å². The zero-order chi connectivity index (χ0) is 10.1. The highest BCUT2D eigenvalue weighted by molar-refractivity contribution is 9.11. The standard InChI is InChI=1S/C7H3Br2N3O2/c8-3-1-10-2-4(9)5(3)6-11-7(13)14-12-6/h1-2H,(H,11,12,13). The van der Waals surface area contributed by atoms with Gasteiger partial charge in [0.15, 0.2) is 5.82 Å². The minimum atomic E-state index is -0.587. The van der Waals surface area contributed by atoms with Crippen molar-refractivity contribution in [3.05, 3.63) is 31.9 Å². The first-order valence-corrected chi connectivity index (χ1v) is 5.12. The van der Waals surface area contributed by atoms with Gasteiger partial charge in [0, 0.05) is 21.3 Å². The molecule has 14 heavy (non-hydrogen) atoms. The molecule has 0 aromatic carbocycles. The van der Waals surface area contributed by atoms with Crippen molar-refractivity contribution in [2.45, 2.75) is 0 Å². The highest BCUT2D eigenvalue weighted by Gasteiger charge is 2.12. The predicted molar refractivity (Wildman–Crippen MR) is 55.8 cm³/mol. The number of halogens is 2. The molecule has 0 fully saturated rings. The maximum atomic E-state index is 10.8. The number of H-pyrrole nitrogens is 1. The van der Waals surface area contributed by atoms with Crippen molar-refractivity contribution in [3.63, 3.8) is 0 Å². The summed E-state index contributed by atoms with van der Waals surface area (Å²) >= 11 is 6.59. The van der Waals surface area contributed by atoms with Gasteiger partial charge in [-0.3, -0.25) is 14.5 Å². The van der Waals surface area contributed by atoms with Gasteiger partial charge < -0.3 is 0 Å². The van der Waals surface area contributed by atoms with E-state index in [0.29, 0.717) is 11.4 Å². The van der Waals surface area contributed by atoms with Crippen molar-refractivity contribution in [1.29, 1.82) is 0 Å². The first-order chi connectivity index (χ1) is 6.68. The number of nitrogens with zero attached hydrogens (tertiary/aromatic N) is 2. The molecule has 0 amide bonds. The number of rotatable bonds is 1. The molecule has 0 spiro atoms. The Hall–Kier alpha value is -0.950. The molecule has 0 aliphatic rings. The van der Waals surface area contributed by atoms with E-state index < -0.39 is 5.76 Å². The molecule has 0 radical (unpaired) electrons. The Labute approximate surface area is 94.8 Å². The van der Waals surface area contributed by atoms with Gasteiger partial charge in [0.1, 0.15) is 0 Å². The van der Waals surface area contributed by atoms with Crippen molar-refractivity contribution < 1.29 is 4.52 Å². The van der Waals surface area contributed by atoms with E-state index in [1.165, 1.54) is 0 Å². The minimum Gasteiger partial charge on any atom is -0.296 e. The van der Waals surface area contributed by atoms with Crippen LogP contribution >= 0.6 is 31.9 Å². The topological polar surface area (TPSA) is 71.8 Å². The van der Waals surface area contributed by atoms with Gasteiger partial charge in [-0.2, -0.15) is 0 Å². The second-order valence-electron chi connectivity index (χ2n) is 2.42. The van der Waals surface area contributed by atoms with Crippen molar-refractivity contribution in [3.8, 4) is 11.4 Å². The molecule has 0 saturated heterocycles. The van der Waals surface area contributed by atoms with Crippen LogP contribution in [0.4, 0.5) is 0 Å². The van der Waals surface area contributed by atoms with Gasteiger partial charge in [0.2, 0.25) is 0 Å². The van der Waals surface area contributed by atoms with E-state index in [1.54, 1.807) is 12.4 Å². The highest BCUT2D eigenvalue weighted by Crippen LogP contribution is 2.31. The summed E-state index contributed by atoms with van der Waals surface area (Å²) in [5, 5.41) is 3.58. The van der Waals surface area contributed by atoms with Gasteiger partial charge in [-0.25, -0.2) is 4.79 Å². The minimum absolute atomic E-state index is 0.358. The van der Waals surface area contributed by atoms with Crippen LogP contribution in [0.5, 0.6) is 0 Å². The second-order valence-corrected chi connectivity index (χ2v) is 4.13. The Bertz CT molecular complexity index is 499. The van der Waals surface area contributed by atoms with Gasteiger partial charge in [-0.15, -0.1) is 0 Å². The maximum Gasteiger partial charge on any atom is 0.439 e. The van der Waals surface area contributed by atoms with E-state index in [2.05, 4.69) is 51.5 Å². The number of nitrogens with one attached hydrogen (secondary N) is 1. The largest absolute Gasteiger partial charge is 0.439 e.